The minimum Gasteiger partial charge on any atom is -0.489 e. The molecular formula is C18H17NO4. The molecule has 0 saturated heterocycles. The van der Waals surface area contributed by atoms with E-state index >= 15 is 0 Å². The Bertz CT molecular complexity index is 795. The SMILES string of the molecule is O=C(NCCO)c1oc2ccccc2c1COc1ccccc1. The van der Waals surface area contributed by atoms with Crippen LogP contribution in [0.5, 0.6) is 5.75 Å². The van der Waals surface area contributed by atoms with Crippen molar-refractivity contribution in [3.63, 3.8) is 0 Å². The zero-order valence-corrected chi connectivity index (χ0v) is 12.5. The Morgan fingerprint density at radius 2 is 1.83 bits per heavy atom. The van der Waals surface area contributed by atoms with Gasteiger partial charge in [0.2, 0.25) is 0 Å². The molecule has 0 aliphatic rings. The van der Waals surface area contributed by atoms with Crippen molar-refractivity contribution in [1.29, 1.82) is 0 Å². The van der Waals surface area contributed by atoms with E-state index in [4.69, 9.17) is 14.3 Å². The lowest BCUT2D eigenvalue weighted by Crippen LogP contribution is -2.26. The van der Waals surface area contributed by atoms with Crippen molar-refractivity contribution >= 4 is 16.9 Å². The highest BCUT2D eigenvalue weighted by molar-refractivity contribution is 5.99. The lowest BCUT2D eigenvalue weighted by molar-refractivity contribution is 0.0916. The predicted molar refractivity (Wildman–Crippen MR) is 86.4 cm³/mol. The minimum atomic E-state index is -0.359. The molecule has 1 amide bonds. The first-order valence-electron chi connectivity index (χ1n) is 7.37. The van der Waals surface area contributed by atoms with E-state index in [1.165, 1.54) is 0 Å². The van der Waals surface area contributed by atoms with E-state index in [0.717, 1.165) is 11.1 Å². The summed E-state index contributed by atoms with van der Waals surface area (Å²) in [6.45, 7) is 0.277. The molecule has 5 nitrogen and oxygen atoms in total. The Labute approximate surface area is 133 Å². The number of ether oxygens (including phenoxy) is 1. The van der Waals surface area contributed by atoms with Crippen LogP contribution in [0.3, 0.4) is 0 Å². The van der Waals surface area contributed by atoms with Crippen molar-refractivity contribution in [3.8, 4) is 5.75 Å². The summed E-state index contributed by atoms with van der Waals surface area (Å²) in [6.07, 6.45) is 0. The highest BCUT2D eigenvalue weighted by Crippen LogP contribution is 2.27. The Morgan fingerprint density at radius 3 is 2.61 bits per heavy atom. The van der Waals surface area contributed by atoms with Crippen LogP contribution in [0.15, 0.2) is 59.0 Å². The van der Waals surface area contributed by atoms with E-state index in [1.807, 2.05) is 54.6 Å². The quantitative estimate of drug-likeness (QED) is 0.734. The monoisotopic (exact) mass is 311 g/mol. The van der Waals surface area contributed by atoms with Gasteiger partial charge in [0.05, 0.1) is 6.61 Å². The number of carbonyl (C=O) groups excluding carboxylic acids is 1. The molecule has 0 radical (unpaired) electrons. The van der Waals surface area contributed by atoms with E-state index in [0.29, 0.717) is 11.1 Å². The third kappa shape index (κ3) is 3.35. The molecule has 0 bridgehead atoms. The predicted octanol–water partition coefficient (Wildman–Crippen LogP) is 2.73. The largest absolute Gasteiger partial charge is 0.489 e. The van der Waals surface area contributed by atoms with Crippen LogP contribution in [0.1, 0.15) is 16.1 Å². The van der Waals surface area contributed by atoms with E-state index in [1.54, 1.807) is 0 Å². The fraction of sp³-hybridized carbons (Fsp3) is 0.167. The maximum atomic E-state index is 12.2. The number of benzene rings is 2. The van der Waals surface area contributed by atoms with Crippen molar-refractivity contribution in [3.05, 3.63) is 65.9 Å². The normalized spacial score (nSPS) is 10.7. The van der Waals surface area contributed by atoms with Gasteiger partial charge in [-0.2, -0.15) is 0 Å². The summed E-state index contributed by atoms with van der Waals surface area (Å²) >= 11 is 0. The number of hydrogen-bond donors (Lipinski definition) is 2. The van der Waals surface area contributed by atoms with Gasteiger partial charge in [-0.05, 0) is 18.2 Å². The summed E-state index contributed by atoms with van der Waals surface area (Å²) in [7, 11) is 0. The van der Waals surface area contributed by atoms with Gasteiger partial charge in [-0.15, -0.1) is 0 Å². The van der Waals surface area contributed by atoms with Crippen molar-refractivity contribution in [1.82, 2.24) is 5.32 Å². The van der Waals surface area contributed by atoms with Gasteiger partial charge in [-0.25, -0.2) is 0 Å². The molecule has 0 fully saturated rings. The molecule has 2 N–H and O–H groups in total. The molecule has 0 unspecified atom stereocenters. The Hall–Kier alpha value is -2.79. The molecule has 3 rings (SSSR count). The molecule has 0 atom stereocenters. The number of hydrogen-bond acceptors (Lipinski definition) is 4. The second-order valence-corrected chi connectivity index (χ2v) is 4.99. The zero-order valence-electron chi connectivity index (χ0n) is 12.5. The van der Waals surface area contributed by atoms with Crippen LogP contribution in [0.2, 0.25) is 0 Å². The first kappa shape index (κ1) is 15.1. The van der Waals surface area contributed by atoms with Crippen LogP contribution in [0, 0.1) is 0 Å². The molecule has 23 heavy (non-hydrogen) atoms. The molecule has 0 aliphatic carbocycles. The average molecular weight is 311 g/mol. The standard InChI is InChI=1S/C18H17NO4/c20-11-10-19-18(21)17-15(12-22-13-6-2-1-3-7-13)14-8-4-5-9-16(14)23-17/h1-9,20H,10-12H2,(H,19,21). The second kappa shape index (κ2) is 6.98. The van der Waals surface area contributed by atoms with Crippen LogP contribution >= 0.6 is 0 Å². The minimum absolute atomic E-state index is 0.123. The number of rotatable bonds is 6. The number of furan rings is 1. The third-order valence-electron chi connectivity index (χ3n) is 3.43. The van der Waals surface area contributed by atoms with Gasteiger partial charge in [-0.1, -0.05) is 36.4 Å². The first-order valence-corrected chi connectivity index (χ1v) is 7.37. The molecule has 1 aromatic heterocycles. The highest BCUT2D eigenvalue weighted by atomic mass is 16.5. The number of amides is 1. The molecule has 2 aromatic carbocycles. The third-order valence-corrected chi connectivity index (χ3v) is 3.43. The number of nitrogens with one attached hydrogen (secondary N) is 1. The van der Waals surface area contributed by atoms with Crippen LogP contribution in [-0.2, 0) is 6.61 Å². The smallest absolute Gasteiger partial charge is 0.287 e. The summed E-state index contributed by atoms with van der Waals surface area (Å²) in [5.41, 5.74) is 1.33. The van der Waals surface area contributed by atoms with Gasteiger partial charge < -0.3 is 19.6 Å². The topological polar surface area (TPSA) is 71.7 Å². The van der Waals surface area contributed by atoms with E-state index in [-0.39, 0.29) is 31.4 Å². The number of carbonyl (C=O) groups is 1. The molecule has 0 spiro atoms. The van der Waals surface area contributed by atoms with E-state index in [9.17, 15) is 4.79 Å². The molecule has 0 saturated carbocycles. The van der Waals surface area contributed by atoms with Crippen LogP contribution in [-0.4, -0.2) is 24.2 Å². The Morgan fingerprint density at radius 1 is 1.09 bits per heavy atom. The van der Waals surface area contributed by atoms with Gasteiger partial charge in [0.25, 0.3) is 5.91 Å². The maximum Gasteiger partial charge on any atom is 0.287 e. The molecule has 1 heterocycles. The van der Waals surface area contributed by atoms with E-state index in [2.05, 4.69) is 5.32 Å². The summed E-state index contributed by atoms with van der Waals surface area (Å²) in [5.74, 6) is 0.581. The van der Waals surface area contributed by atoms with Crippen molar-refractivity contribution < 1.29 is 19.1 Å². The summed E-state index contributed by atoms with van der Waals surface area (Å²) in [6, 6.07) is 16.8. The average Bonchev–Trinajstić information content (AvgIpc) is 2.97. The highest BCUT2D eigenvalue weighted by Gasteiger charge is 2.20. The Balaban J connectivity index is 1.91. The van der Waals surface area contributed by atoms with Crippen LogP contribution in [0.25, 0.3) is 11.0 Å². The molecular weight excluding hydrogens is 294 g/mol. The lowest BCUT2D eigenvalue weighted by Gasteiger charge is -2.07. The summed E-state index contributed by atoms with van der Waals surface area (Å²) < 4.78 is 11.4. The van der Waals surface area contributed by atoms with Gasteiger partial charge in [-0.3, -0.25) is 4.79 Å². The second-order valence-electron chi connectivity index (χ2n) is 4.99. The Kier molecular flexibility index (Phi) is 4.59. The summed E-state index contributed by atoms with van der Waals surface area (Å²) in [5, 5.41) is 12.3. The molecule has 0 aliphatic heterocycles. The van der Waals surface area contributed by atoms with Crippen molar-refractivity contribution in [2.75, 3.05) is 13.2 Å². The van der Waals surface area contributed by atoms with Crippen molar-refractivity contribution in [2.45, 2.75) is 6.61 Å². The lowest BCUT2D eigenvalue weighted by atomic mass is 10.1. The number of para-hydroxylation sites is 2. The number of aliphatic hydroxyl groups excluding tert-OH is 1. The fourth-order valence-electron chi connectivity index (χ4n) is 2.35. The van der Waals surface area contributed by atoms with Gasteiger partial charge in [0.15, 0.2) is 5.76 Å². The number of fused-ring (bicyclic) bond motifs is 1. The fourth-order valence-corrected chi connectivity index (χ4v) is 2.35. The molecule has 3 aromatic rings. The van der Waals surface area contributed by atoms with Gasteiger partial charge >= 0.3 is 0 Å². The molecule has 118 valence electrons. The number of aliphatic hydroxyl groups is 1. The van der Waals surface area contributed by atoms with E-state index < -0.39 is 0 Å². The zero-order chi connectivity index (χ0) is 16.1. The molecule has 5 heteroatoms. The first-order chi connectivity index (χ1) is 11.3. The van der Waals surface area contributed by atoms with Crippen LogP contribution < -0.4 is 10.1 Å². The van der Waals surface area contributed by atoms with Crippen LogP contribution in [0.4, 0.5) is 0 Å². The van der Waals surface area contributed by atoms with Gasteiger partial charge in [0.1, 0.15) is 17.9 Å². The van der Waals surface area contributed by atoms with Crippen molar-refractivity contribution in [2.24, 2.45) is 0 Å². The maximum absolute atomic E-state index is 12.2. The summed E-state index contributed by atoms with van der Waals surface area (Å²) in [4.78, 5) is 12.2. The van der Waals surface area contributed by atoms with Gasteiger partial charge in [0, 0.05) is 17.5 Å².